The zero-order valence-corrected chi connectivity index (χ0v) is 7.78. The van der Waals surface area contributed by atoms with E-state index >= 15 is 0 Å². The lowest BCUT2D eigenvalue weighted by molar-refractivity contribution is -0.675. The molecule has 0 radical (unpaired) electrons. The van der Waals surface area contributed by atoms with E-state index in [1.165, 1.54) is 15.9 Å². The SMILES string of the molecule is CC[n+]1c(O)cc(=O)n2ncsc21. The first-order valence-electron chi connectivity index (χ1n) is 3.82. The third-order valence-electron chi connectivity index (χ3n) is 1.79. The summed E-state index contributed by atoms with van der Waals surface area (Å²) in [6, 6.07) is 1.16. The van der Waals surface area contributed by atoms with Crippen LogP contribution in [0.15, 0.2) is 16.4 Å². The zero-order valence-electron chi connectivity index (χ0n) is 6.97. The summed E-state index contributed by atoms with van der Waals surface area (Å²) >= 11 is 1.32. The lowest BCUT2D eigenvalue weighted by Crippen LogP contribution is -2.37. The van der Waals surface area contributed by atoms with E-state index in [0.717, 1.165) is 6.07 Å². The smallest absolute Gasteiger partial charge is 0.374 e. The molecule has 0 unspecified atom stereocenters. The van der Waals surface area contributed by atoms with Crippen molar-refractivity contribution in [2.45, 2.75) is 13.5 Å². The molecule has 0 fully saturated rings. The monoisotopic (exact) mass is 198 g/mol. The summed E-state index contributed by atoms with van der Waals surface area (Å²) < 4.78 is 2.90. The number of nitrogens with zero attached hydrogens (tertiary/aromatic N) is 3. The minimum absolute atomic E-state index is 0.0169. The highest BCUT2D eigenvalue weighted by molar-refractivity contribution is 7.14. The van der Waals surface area contributed by atoms with E-state index < -0.39 is 0 Å². The van der Waals surface area contributed by atoms with Crippen molar-refractivity contribution in [3.8, 4) is 5.88 Å². The van der Waals surface area contributed by atoms with E-state index in [2.05, 4.69) is 5.10 Å². The van der Waals surface area contributed by atoms with E-state index in [1.807, 2.05) is 6.92 Å². The molecule has 0 atom stereocenters. The van der Waals surface area contributed by atoms with Crippen molar-refractivity contribution in [2.24, 2.45) is 0 Å². The second-order valence-corrected chi connectivity index (χ2v) is 3.33. The van der Waals surface area contributed by atoms with E-state index in [-0.39, 0.29) is 11.4 Å². The first-order chi connectivity index (χ1) is 6.24. The molecule has 68 valence electrons. The number of hydrogen-bond acceptors (Lipinski definition) is 4. The molecule has 0 aliphatic rings. The number of aromatic hydroxyl groups is 1. The van der Waals surface area contributed by atoms with Crippen LogP contribution in [-0.2, 0) is 6.54 Å². The molecule has 0 saturated carbocycles. The van der Waals surface area contributed by atoms with Gasteiger partial charge in [0.15, 0.2) is 0 Å². The molecule has 2 rings (SSSR count). The Balaban J connectivity index is 2.97. The highest BCUT2D eigenvalue weighted by Gasteiger charge is 2.16. The van der Waals surface area contributed by atoms with E-state index in [4.69, 9.17) is 0 Å². The molecule has 13 heavy (non-hydrogen) atoms. The van der Waals surface area contributed by atoms with Crippen molar-refractivity contribution >= 4 is 16.3 Å². The lowest BCUT2D eigenvalue weighted by atomic mass is 10.5. The second kappa shape index (κ2) is 2.81. The van der Waals surface area contributed by atoms with Crippen LogP contribution in [-0.4, -0.2) is 14.7 Å². The molecular weight excluding hydrogens is 190 g/mol. The highest BCUT2D eigenvalue weighted by atomic mass is 32.1. The largest absolute Gasteiger partial charge is 0.478 e. The Morgan fingerprint density at radius 1 is 1.77 bits per heavy atom. The number of fused-ring (bicyclic) bond motifs is 1. The molecule has 0 spiro atoms. The predicted molar refractivity (Wildman–Crippen MR) is 46.9 cm³/mol. The van der Waals surface area contributed by atoms with Crippen molar-refractivity contribution in [1.82, 2.24) is 9.61 Å². The minimum atomic E-state index is -0.307. The van der Waals surface area contributed by atoms with Crippen LogP contribution >= 0.6 is 11.3 Å². The summed E-state index contributed by atoms with van der Waals surface area (Å²) in [5, 5.41) is 13.3. The number of aromatic nitrogens is 3. The molecule has 0 bridgehead atoms. The molecule has 6 heteroatoms. The van der Waals surface area contributed by atoms with Crippen LogP contribution < -0.4 is 10.1 Å². The van der Waals surface area contributed by atoms with Gasteiger partial charge >= 0.3 is 10.5 Å². The maximum atomic E-state index is 11.3. The molecule has 0 saturated heterocycles. The Hall–Kier alpha value is -1.43. The van der Waals surface area contributed by atoms with Crippen LogP contribution in [0.5, 0.6) is 5.88 Å². The van der Waals surface area contributed by atoms with Gasteiger partial charge in [0.05, 0.1) is 6.54 Å². The van der Waals surface area contributed by atoms with Gasteiger partial charge in [0.25, 0.3) is 5.88 Å². The minimum Gasteiger partial charge on any atom is -0.478 e. The Kier molecular flexibility index (Phi) is 1.77. The molecule has 1 N–H and O–H groups in total. The van der Waals surface area contributed by atoms with Crippen molar-refractivity contribution in [3.63, 3.8) is 0 Å². The van der Waals surface area contributed by atoms with E-state index in [0.29, 0.717) is 11.5 Å². The van der Waals surface area contributed by atoms with Gasteiger partial charge in [0, 0.05) is 0 Å². The first-order valence-corrected chi connectivity index (χ1v) is 4.70. The fourth-order valence-electron chi connectivity index (χ4n) is 1.19. The zero-order chi connectivity index (χ0) is 9.42. The van der Waals surface area contributed by atoms with Gasteiger partial charge in [-0.2, -0.15) is 4.57 Å². The molecule has 2 heterocycles. The summed E-state index contributed by atoms with van der Waals surface area (Å²) in [4.78, 5) is 11.9. The van der Waals surface area contributed by atoms with Crippen molar-refractivity contribution in [1.29, 1.82) is 0 Å². The molecule has 2 aromatic rings. The second-order valence-electron chi connectivity index (χ2n) is 2.52. The Bertz CT molecular complexity index is 502. The van der Waals surface area contributed by atoms with Gasteiger partial charge in [-0.05, 0) is 22.8 Å². The average Bonchev–Trinajstić information content (AvgIpc) is 2.53. The Morgan fingerprint density at radius 2 is 2.54 bits per heavy atom. The van der Waals surface area contributed by atoms with Crippen molar-refractivity contribution in [2.75, 3.05) is 0 Å². The van der Waals surface area contributed by atoms with E-state index in [1.54, 1.807) is 10.1 Å². The molecule has 0 aliphatic carbocycles. The van der Waals surface area contributed by atoms with Gasteiger partial charge in [-0.25, -0.2) is 4.79 Å². The molecule has 0 aromatic carbocycles. The summed E-state index contributed by atoms with van der Waals surface area (Å²) in [6.45, 7) is 2.50. The van der Waals surface area contributed by atoms with Gasteiger partial charge in [-0.3, -0.25) is 0 Å². The maximum Gasteiger partial charge on any atom is 0.374 e. The van der Waals surface area contributed by atoms with Crippen molar-refractivity contribution in [3.05, 3.63) is 21.9 Å². The summed E-state index contributed by atoms with van der Waals surface area (Å²) in [7, 11) is 0. The highest BCUT2D eigenvalue weighted by Crippen LogP contribution is 2.05. The van der Waals surface area contributed by atoms with Gasteiger partial charge in [0.2, 0.25) is 0 Å². The van der Waals surface area contributed by atoms with Crippen LogP contribution in [0.1, 0.15) is 6.92 Å². The quantitative estimate of drug-likeness (QED) is 0.644. The number of aryl methyl sites for hydroxylation is 1. The number of rotatable bonds is 1. The summed E-state index contributed by atoms with van der Waals surface area (Å²) in [5.41, 5.74) is 1.26. The van der Waals surface area contributed by atoms with Gasteiger partial charge in [0.1, 0.15) is 11.6 Å². The Morgan fingerprint density at radius 3 is 3.23 bits per heavy atom. The van der Waals surface area contributed by atoms with Crippen LogP contribution in [0.3, 0.4) is 0 Å². The lowest BCUT2D eigenvalue weighted by Gasteiger charge is -1.96. The fraction of sp³-hybridized carbons (Fsp3) is 0.286. The van der Waals surface area contributed by atoms with Gasteiger partial charge < -0.3 is 5.11 Å². The molecule has 2 aromatic heterocycles. The normalized spacial score (nSPS) is 10.8. The standard InChI is InChI=1S/C7H7N3O2S/c1-2-9-5(11)3-6(12)10-7(9)13-4-8-10/h3-4H,2H2,1H3/p+1. The summed E-state index contributed by atoms with van der Waals surface area (Å²) in [5.74, 6) is -0.0169. The Labute approximate surface area is 77.5 Å². The van der Waals surface area contributed by atoms with Crippen LogP contribution in [0.25, 0.3) is 4.96 Å². The van der Waals surface area contributed by atoms with Crippen LogP contribution in [0, 0.1) is 0 Å². The number of hydrogen-bond donors (Lipinski definition) is 1. The topological polar surface area (TPSA) is 58.5 Å². The molecular formula is C7H8N3O2S+. The molecule has 0 amide bonds. The maximum absolute atomic E-state index is 11.3. The van der Waals surface area contributed by atoms with E-state index in [9.17, 15) is 9.90 Å². The van der Waals surface area contributed by atoms with Crippen molar-refractivity contribution < 1.29 is 9.67 Å². The predicted octanol–water partition coefficient (Wildman–Crippen LogP) is -0.231. The third kappa shape index (κ3) is 1.10. The summed E-state index contributed by atoms with van der Waals surface area (Å²) in [6.07, 6.45) is 0. The van der Waals surface area contributed by atoms with Gasteiger partial charge in [-0.1, -0.05) is 5.10 Å². The fourth-order valence-corrected chi connectivity index (χ4v) is 2.01. The van der Waals surface area contributed by atoms with Crippen LogP contribution in [0.4, 0.5) is 0 Å². The average molecular weight is 198 g/mol. The molecule has 5 nitrogen and oxygen atoms in total. The van der Waals surface area contributed by atoms with Crippen LogP contribution in [0.2, 0.25) is 0 Å². The molecule has 0 aliphatic heterocycles. The third-order valence-corrected chi connectivity index (χ3v) is 2.59. The first kappa shape index (κ1) is 8.18. The van der Waals surface area contributed by atoms with Gasteiger partial charge in [-0.15, -0.1) is 0 Å².